The molecule has 1 fully saturated rings. The smallest absolute Gasteiger partial charge is 0.277 e. The molecule has 162 valence electrons. The summed E-state index contributed by atoms with van der Waals surface area (Å²) in [5.74, 6) is -1.52. The van der Waals surface area contributed by atoms with Crippen LogP contribution in [0.1, 0.15) is 25.0 Å². The van der Waals surface area contributed by atoms with Crippen molar-refractivity contribution in [2.24, 2.45) is 0 Å². The molecule has 0 aliphatic carbocycles. The number of hydrogen-bond acceptors (Lipinski definition) is 4. The third-order valence-corrected chi connectivity index (χ3v) is 5.55. The van der Waals surface area contributed by atoms with E-state index in [-0.39, 0.29) is 36.1 Å². The zero-order valence-electron chi connectivity index (χ0n) is 17.5. The number of amides is 2. The second-order valence-electron chi connectivity index (χ2n) is 8.03. The number of imide groups is 1. The number of morpholine rings is 1. The van der Waals surface area contributed by atoms with Gasteiger partial charge in [-0.1, -0.05) is 24.3 Å². The molecule has 0 radical (unpaired) electrons. The lowest BCUT2D eigenvalue weighted by Gasteiger charge is -2.37. The summed E-state index contributed by atoms with van der Waals surface area (Å²) in [4.78, 5) is 29.8. The fraction of sp³-hybridized carbons (Fsp3) is 0.333. The lowest BCUT2D eigenvalue weighted by Crippen LogP contribution is -2.47. The predicted molar refractivity (Wildman–Crippen MR) is 112 cm³/mol. The van der Waals surface area contributed by atoms with Crippen LogP contribution in [0, 0.1) is 11.6 Å². The molecule has 0 bridgehead atoms. The molecule has 2 atom stereocenters. The number of hydrogen-bond donors (Lipinski definition) is 0. The highest BCUT2D eigenvalue weighted by atomic mass is 19.1. The number of nitrogens with zero attached hydrogens (tertiary/aromatic N) is 2. The Morgan fingerprint density at radius 1 is 0.871 bits per heavy atom. The van der Waals surface area contributed by atoms with Gasteiger partial charge in [0, 0.05) is 19.6 Å². The van der Waals surface area contributed by atoms with Crippen molar-refractivity contribution in [1.29, 1.82) is 0 Å². The van der Waals surface area contributed by atoms with Crippen LogP contribution >= 0.6 is 0 Å². The minimum atomic E-state index is -0.413. The van der Waals surface area contributed by atoms with Crippen molar-refractivity contribution in [3.05, 3.63) is 77.0 Å². The summed E-state index contributed by atoms with van der Waals surface area (Å²) in [6, 6.07) is 11.6. The number of halogens is 2. The Bertz CT molecular complexity index is 1010. The Balaban J connectivity index is 1.66. The van der Waals surface area contributed by atoms with Crippen LogP contribution in [0.4, 0.5) is 8.78 Å². The van der Waals surface area contributed by atoms with Crippen LogP contribution in [0.15, 0.2) is 54.2 Å². The van der Waals surface area contributed by atoms with Crippen LogP contribution in [0.3, 0.4) is 0 Å². The molecule has 2 aromatic carbocycles. The fourth-order valence-corrected chi connectivity index (χ4v) is 4.19. The van der Waals surface area contributed by atoms with Gasteiger partial charge in [-0.25, -0.2) is 8.78 Å². The zero-order chi connectivity index (χ0) is 22.1. The molecule has 2 aliphatic rings. The summed E-state index contributed by atoms with van der Waals surface area (Å²) in [7, 11) is 0. The van der Waals surface area contributed by atoms with E-state index in [1.165, 1.54) is 41.3 Å². The van der Waals surface area contributed by atoms with Gasteiger partial charge in [0.25, 0.3) is 11.8 Å². The van der Waals surface area contributed by atoms with E-state index in [1.54, 1.807) is 12.1 Å². The Hall–Kier alpha value is -3.06. The normalized spacial score (nSPS) is 21.9. The van der Waals surface area contributed by atoms with Crippen molar-refractivity contribution in [3.8, 4) is 0 Å². The van der Waals surface area contributed by atoms with E-state index < -0.39 is 11.7 Å². The average Bonchev–Trinajstić information content (AvgIpc) is 2.97. The second-order valence-corrected chi connectivity index (χ2v) is 8.03. The first-order valence-electron chi connectivity index (χ1n) is 10.3. The van der Waals surface area contributed by atoms with Crippen molar-refractivity contribution in [2.45, 2.75) is 32.5 Å². The van der Waals surface area contributed by atoms with Gasteiger partial charge in [0.2, 0.25) is 0 Å². The molecule has 1 saturated heterocycles. The Kier molecular flexibility index (Phi) is 5.87. The van der Waals surface area contributed by atoms with Crippen molar-refractivity contribution in [2.75, 3.05) is 19.6 Å². The minimum absolute atomic E-state index is 0.0955. The van der Waals surface area contributed by atoms with Crippen LogP contribution in [0.2, 0.25) is 0 Å². The summed E-state index contributed by atoms with van der Waals surface area (Å²) < 4.78 is 32.4. The van der Waals surface area contributed by atoms with Crippen LogP contribution in [-0.2, 0) is 20.7 Å². The van der Waals surface area contributed by atoms with Gasteiger partial charge in [-0.05, 0) is 55.7 Å². The first-order valence-corrected chi connectivity index (χ1v) is 10.3. The first-order chi connectivity index (χ1) is 14.8. The van der Waals surface area contributed by atoms with E-state index in [2.05, 4.69) is 0 Å². The highest BCUT2D eigenvalue weighted by molar-refractivity contribution is 6.35. The van der Waals surface area contributed by atoms with Crippen molar-refractivity contribution in [1.82, 2.24) is 9.80 Å². The van der Waals surface area contributed by atoms with E-state index in [4.69, 9.17) is 4.74 Å². The minimum Gasteiger partial charge on any atom is -0.372 e. The molecule has 2 heterocycles. The molecule has 5 nitrogen and oxygen atoms in total. The molecule has 0 N–H and O–H groups in total. The fourth-order valence-electron chi connectivity index (χ4n) is 4.19. The Morgan fingerprint density at radius 3 is 2.00 bits per heavy atom. The maximum absolute atomic E-state index is 13.5. The largest absolute Gasteiger partial charge is 0.372 e. The highest BCUT2D eigenvalue weighted by Gasteiger charge is 2.42. The Morgan fingerprint density at radius 2 is 1.42 bits per heavy atom. The molecule has 4 rings (SSSR count). The van der Waals surface area contributed by atoms with Gasteiger partial charge in [-0.3, -0.25) is 14.5 Å². The lowest BCUT2D eigenvalue weighted by atomic mass is 10.0. The summed E-state index contributed by atoms with van der Waals surface area (Å²) in [5, 5.41) is 0. The number of carbonyl (C=O) groups is 2. The van der Waals surface area contributed by atoms with Gasteiger partial charge in [0.1, 0.15) is 17.3 Å². The third-order valence-electron chi connectivity index (χ3n) is 5.55. The van der Waals surface area contributed by atoms with Crippen molar-refractivity contribution in [3.63, 3.8) is 0 Å². The molecule has 0 aromatic heterocycles. The van der Waals surface area contributed by atoms with E-state index in [9.17, 15) is 18.4 Å². The van der Waals surface area contributed by atoms with Gasteiger partial charge in [-0.2, -0.15) is 0 Å². The van der Waals surface area contributed by atoms with E-state index in [1.807, 2.05) is 18.7 Å². The summed E-state index contributed by atoms with van der Waals surface area (Å²) in [6.07, 6.45) is 0.223. The molecule has 31 heavy (non-hydrogen) atoms. The van der Waals surface area contributed by atoms with Crippen LogP contribution in [-0.4, -0.2) is 53.5 Å². The van der Waals surface area contributed by atoms with Crippen LogP contribution in [0.5, 0.6) is 0 Å². The SMILES string of the molecule is CC1CN(C2=C(c3ccc(F)cc3)C(=O)N(CCc3ccc(F)cc3)C2=O)CC(C)O1. The summed E-state index contributed by atoms with van der Waals surface area (Å²) in [5.41, 5.74) is 1.95. The molecule has 0 saturated carbocycles. The molecule has 2 amide bonds. The molecular formula is C24H24F2N2O3. The molecule has 2 unspecified atom stereocenters. The molecule has 7 heteroatoms. The van der Waals surface area contributed by atoms with Gasteiger partial charge in [-0.15, -0.1) is 0 Å². The van der Waals surface area contributed by atoms with Crippen molar-refractivity contribution < 1.29 is 23.1 Å². The molecular weight excluding hydrogens is 402 g/mol. The number of rotatable bonds is 5. The van der Waals surface area contributed by atoms with Gasteiger partial charge in [0.15, 0.2) is 0 Å². The summed E-state index contributed by atoms with van der Waals surface area (Å²) >= 11 is 0. The van der Waals surface area contributed by atoms with E-state index in [0.717, 1.165) is 5.56 Å². The highest BCUT2D eigenvalue weighted by Crippen LogP contribution is 2.33. The average molecular weight is 426 g/mol. The van der Waals surface area contributed by atoms with E-state index in [0.29, 0.717) is 30.8 Å². The zero-order valence-corrected chi connectivity index (χ0v) is 17.5. The van der Waals surface area contributed by atoms with Crippen LogP contribution in [0.25, 0.3) is 5.57 Å². The standard InChI is InChI=1S/C24H24F2N2O3/c1-15-13-27(14-16(2)31-15)22-21(18-5-9-20(26)10-6-18)23(29)28(24(22)30)12-11-17-3-7-19(25)8-4-17/h3-10,15-16H,11-14H2,1-2H3. The monoisotopic (exact) mass is 426 g/mol. The number of carbonyl (C=O) groups excluding carboxylic acids is 2. The maximum atomic E-state index is 13.5. The van der Waals surface area contributed by atoms with Crippen LogP contribution < -0.4 is 0 Å². The molecule has 2 aromatic rings. The van der Waals surface area contributed by atoms with E-state index >= 15 is 0 Å². The van der Waals surface area contributed by atoms with Gasteiger partial charge < -0.3 is 9.64 Å². The molecule has 2 aliphatic heterocycles. The maximum Gasteiger partial charge on any atom is 0.277 e. The predicted octanol–water partition coefficient (Wildman–Crippen LogP) is 3.40. The Labute approximate surface area is 179 Å². The molecule has 0 spiro atoms. The quantitative estimate of drug-likeness (QED) is 0.688. The lowest BCUT2D eigenvalue weighted by molar-refractivity contribution is -0.138. The first kappa shape index (κ1) is 21.2. The van der Waals surface area contributed by atoms with Crippen molar-refractivity contribution >= 4 is 17.4 Å². The third kappa shape index (κ3) is 4.37. The summed E-state index contributed by atoms with van der Waals surface area (Å²) in [6.45, 7) is 4.99. The van der Waals surface area contributed by atoms with Gasteiger partial charge in [0.05, 0.1) is 17.8 Å². The number of benzene rings is 2. The second kappa shape index (κ2) is 8.59. The topological polar surface area (TPSA) is 49.9 Å². The number of ether oxygens (including phenoxy) is 1. The van der Waals surface area contributed by atoms with Gasteiger partial charge >= 0.3 is 0 Å².